The number of rotatable bonds is 9. The Hall–Kier alpha value is -1.07. The molecule has 0 saturated heterocycles. The van der Waals surface area contributed by atoms with Gasteiger partial charge in [0.1, 0.15) is 5.75 Å². The van der Waals surface area contributed by atoms with Crippen molar-refractivity contribution in [2.24, 2.45) is 10.1 Å². The van der Waals surface area contributed by atoms with Gasteiger partial charge in [-0.05, 0) is 38.8 Å². The molecule has 9 heteroatoms. The third kappa shape index (κ3) is 10.2. The molecule has 0 aliphatic heterocycles. The molecule has 0 heterocycles. The van der Waals surface area contributed by atoms with Crippen LogP contribution in [0.4, 0.5) is 0 Å². The lowest BCUT2D eigenvalue weighted by molar-refractivity contribution is 0.215. The van der Waals surface area contributed by atoms with E-state index >= 15 is 0 Å². The Balaban J connectivity index is 0.00000625. The van der Waals surface area contributed by atoms with E-state index in [1.807, 2.05) is 39.0 Å². The SMILES string of the molecule is CCNC(=NCc1ccc(C)cc1OC(C)CC)NCCS(N)(=O)=O.I. The average Bonchev–Trinajstić information content (AvgIpc) is 2.52. The van der Waals surface area contributed by atoms with Crippen LogP contribution in [0.25, 0.3) is 0 Å². The number of aliphatic imine (C=N–C) groups is 1. The highest BCUT2D eigenvalue weighted by molar-refractivity contribution is 14.0. The first-order valence-corrected chi connectivity index (χ1v) is 10.3. The van der Waals surface area contributed by atoms with Crippen LogP contribution in [0.2, 0.25) is 0 Å². The van der Waals surface area contributed by atoms with Gasteiger partial charge in [0.05, 0.1) is 18.4 Å². The summed E-state index contributed by atoms with van der Waals surface area (Å²) < 4.78 is 28.0. The van der Waals surface area contributed by atoms with Crippen molar-refractivity contribution < 1.29 is 13.2 Å². The second kappa shape index (κ2) is 12.3. The van der Waals surface area contributed by atoms with Crippen LogP contribution in [0.5, 0.6) is 5.75 Å². The number of ether oxygens (including phenoxy) is 1. The van der Waals surface area contributed by atoms with Gasteiger partial charge in [-0.25, -0.2) is 18.5 Å². The van der Waals surface area contributed by atoms with Crippen LogP contribution in [-0.4, -0.2) is 39.3 Å². The van der Waals surface area contributed by atoms with Gasteiger partial charge < -0.3 is 15.4 Å². The van der Waals surface area contributed by atoms with E-state index in [0.29, 0.717) is 19.0 Å². The van der Waals surface area contributed by atoms with Gasteiger partial charge in [-0.1, -0.05) is 19.1 Å². The quantitative estimate of drug-likeness (QED) is 0.275. The maximum absolute atomic E-state index is 11.0. The Bertz CT molecular complexity index is 681. The monoisotopic (exact) mass is 498 g/mol. The van der Waals surface area contributed by atoms with E-state index in [2.05, 4.69) is 22.5 Å². The van der Waals surface area contributed by atoms with E-state index in [9.17, 15) is 8.42 Å². The van der Waals surface area contributed by atoms with Crippen molar-refractivity contribution in [1.29, 1.82) is 0 Å². The Morgan fingerprint density at radius 1 is 1.31 bits per heavy atom. The highest BCUT2D eigenvalue weighted by Gasteiger charge is 2.09. The Kier molecular flexibility index (Phi) is 11.8. The first-order chi connectivity index (χ1) is 11.7. The summed E-state index contributed by atoms with van der Waals surface area (Å²) in [7, 11) is -3.50. The first-order valence-electron chi connectivity index (χ1n) is 8.54. The normalized spacial score (nSPS) is 12.9. The van der Waals surface area contributed by atoms with Crippen LogP contribution < -0.4 is 20.5 Å². The highest BCUT2D eigenvalue weighted by atomic mass is 127. The molecule has 1 rings (SSSR count). The second-order valence-corrected chi connectivity index (χ2v) is 7.67. The van der Waals surface area contributed by atoms with E-state index in [1.54, 1.807) is 0 Å². The van der Waals surface area contributed by atoms with Gasteiger partial charge in [-0.15, -0.1) is 24.0 Å². The topological polar surface area (TPSA) is 106 Å². The Morgan fingerprint density at radius 2 is 2.00 bits per heavy atom. The van der Waals surface area contributed by atoms with Crippen molar-refractivity contribution in [1.82, 2.24) is 10.6 Å². The molecule has 0 bridgehead atoms. The lowest BCUT2D eigenvalue weighted by atomic mass is 10.1. The third-order valence-electron chi connectivity index (χ3n) is 3.56. The number of primary sulfonamides is 1. The van der Waals surface area contributed by atoms with Crippen molar-refractivity contribution in [3.8, 4) is 5.75 Å². The fourth-order valence-corrected chi connectivity index (χ4v) is 2.41. The smallest absolute Gasteiger partial charge is 0.210 e. The van der Waals surface area contributed by atoms with Gasteiger partial charge in [0.25, 0.3) is 0 Å². The van der Waals surface area contributed by atoms with Crippen LogP contribution in [0, 0.1) is 6.92 Å². The lowest BCUT2D eigenvalue weighted by Crippen LogP contribution is -2.40. The summed E-state index contributed by atoms with van der Waals surface area (Å²) in [5.41, 5.74) is 2.11. The second-order valence-electron chi connectivity index (χ2n) is 5.94. The van der Waals surface area contributed by atoms with Gasteiger partial charge in [-0.3, -0.25) is 0 Å². The molecule has 0 aromatic heterocycles. The maximum Gasteiger partial charge on any atom is 0.210 e. The molecule has 0 radical (unpaired) electrons. The van der Waals surface area contributed by atoms with Crippen LogP contribution >= 0.6 is 24.0 Å². The fraction of sp³-hybridized carbons (Fsp3) is 0.588. The molecule has 26 heavy (non-hydrogen) atoms. The van der Waals surface area contributed by atoms with Gasteiger partial charge in [0.2, 0.25) is 10.0 Å². The summed E-state index contributed by atoms with van der Waals surface area (Å²) in [4.78, 5) is 4.51. The number of halogens is 1. The molecular formula is C17H31IN4O3S. The number of hydrogen-bond donors (Lipinski definition) is 3. The summed E-state index contributed by atoms with van der Waals surface area (Å²) in [6.45, 7) is 9.39. The number of nitrogens with one attached hydrogen (secondary N) is 2. The van der Waals surface area contributed by atoms with E-state index < -0.39 is 10.0 Å². The Labute approximate surface area is 174 Å². The molecule has 1 unspecified atom stereocenters. The fourth-order valence-electron chi connectivity index (χ4n) is 2.02. The van der Waals surface area contributed by atoms with Gasteiger partial charge in [-0.2, -0.15) is 0 Å². The van der Waals surface area contributed by atoms with Crippen molar-refractivity contribution in [3.05, 3.63) is 29.3 Å². The number of aryl methyl sites for hydroxylation is 1. The maximum atomic E-state index is 11.0. The molecular weight excluding hydrogens is 467 g/mol. The number of hydrogen-bond acceptors (Lipinski definition) is 4. The molecule has 0 spiro atoms. The van der Waals surface area contributed by atoms with Crippen molar-refractivity contribution in [3.63, 3.8) is 0 Å². The molecule has 1 aromatic rings. The van der Waals surface area contributed by atoms with Gasteiger partial charge >= 0.3 is 0 Å². The lowest BCUT2D eigenvalue weighted by Gasteiger charge is -2.17. The van der Waals surface area contributed by atoms with Crippen LogP contribution in [-0.2, 0) is 16.6 Å². The van der Waals surface area contributed by atoms with E-state index in [4.69, 9.17) is 9.88 Å². The van der Waals surface area contributed by atoms with Gasteiger partial charge in [0.15, 0.2) is 5.96 Å². The molecule has 0 fully saturated rings. The number of nitrogens with zero attached hydrogens (tertiary/aromatic N) is 1. The van der Waals surface area contributed by atoms with E-state index in [0.717, 1.165) is 23.3 Å². The molecule has 150 valence electrons. The molecule has 0 saturated carbocycles. The summed E-state index contributed by atoms with van der Waals surface area (Å²) in [5.74, 6) is 1.23. The van der Waals surface area contributed by atoms with Gasteiger partial charge in [0, 0.05) is 18.7 Å². The first kappa shape index (κ1) is 24.9. The highest BCUT2D eigenvalue weighted by Crippen LogP contribution is 2.23. The van der Waals surface area contributed by atoms with Crippen molar-refractivity contribution in [2.75, 3.05) is 18.8 Å². The van der Waals surface area contributed by atoms with Crippen molar-refractivity contribution in [2.45, 2.75) is 46.8 Å². The number of guanidine groups is 1. The zero-order valence-electron chi connectivity index (χ0n) is 15.9. The summed E-state index contributed by atoms with van der Waals surface area (Å²) in [5, 5.41) is 11.1. The zero-order chi connectivity index (χ0) is 18.9. The predicted molar refractivity (Wildman–Crippen MR) is 118 cm³/mol. The minimum absolute atomic E-state index is 0. The van der Waals surface area contributed by atoms with E-state index in [1.165, 1.54) is 0 Å². The molecule has 0 aliphatic rings. The summed E-state index contributed by atoms with van der Waals surface area (Å²) in [6.07, 6.45) is 1.06. The summed E-state index contributed by atoms with van der Waals surface area (Å²) >= 11 is 0. The standard InChI is InChI=1S/C17H30N4O3S.HI/c1-5-14(4)24-16-11-13(3)7-8-15(16)12-21-17(19-6-2)20-9-10-25(18,22)23;/h7-8,11,14H,5-6,9-10,12H2,1-4H3,(H2,18,22,23)(H2,19,20,21);1H. The minimum Gasteiger partial charge on any atom is -0.490 e. The molecule has 4 N–H and O–H groups in total. The minimum atomic E-state index is -3.50. The van der Waals surface area contributed by atoms with E-state index in [-0.39, 0.29) is 42.4 Å². The molecule has 7 nitrogen and oxygen atoms in total. The summed E-state index contributed by atoms with van der Waals surface area (Å²) in [6, 6.07) is 6.04. The average molecular weight is 498 g/mol. The third-order valence-corrected chi connectivity index (χ3v) is 4.33. The van der Waals surface area contributed by atoms with Crippen molar-refractivity contribution >= 4 is 40.0 Å². The Morgan fingerprint density at radius 3 is 2.58 bits per heavy atom. The number of benzene rings is 1. The predicted octanol–water partition coefficient (Wildman–Crippen LogP) is 2.13. The number of sulfonamides is 1. The largest absolute Gasteiger partial charge is 0.490 e. The number of nitrogens with two attached hydrogens (primary N) is 1. The molecule has 1 atom stereocenters. The molecule has 0 amide bonds. The van der Waals surface area contributed by atoms with Crippen LogP contribution in [0.3, 0.4) is 0 Å². The molecule has 0 aliphatic carbocycles. The molecule has 1 aromatic carbocycles. The van der Waals surface area contributed by atoms with Crippen LogP contribution in [0.15, 0.2) is 23.2 Å². The van der Waals surface area contributed by atoms with Crippen LogP contribution in [0.1, 0.15) is 38.3 Å². The zero-order valence-corrected chi connectivity index (χ0v) is 19.1.